The van der Waals surface area contributed by atoms with Crippen LogP contribution in [0.25, 0.3) is 11.3 Å². The quantitative estimate of drug-likeness (QED) is 0.371. The zero-order valence-corrected chi connectivity index (χ0v) is 20.0. The number of halogens is 4. The fourth-order valence-electron chi connectivity index (χ4n) is 3.93. The maximum absolute atomic E-state index is 13.3. The monoisotopic (exact) mass is 534 g/mol. The van der Waals surface area contributed by atoms with Gasteiger partial charge in [-0.2, -0.15) is 27.5 Å². The zero-order valence-electron chi connectivity index (χ0n) is 20.0. The molecule has 0 saturated carbocycles. The first-order chi connectivity index (χ1) is 18.4. The van der Waals surface area contributed by atoms with Crippen molar-refractivity contribution in [3.63, 3.8) is 0 Å². The number of aromatic nitrogens is 6. The fourth-order valence-corrected chi connectivity index (χ4v) is 3.93. The van der Waals surface area contributed by atoms with E-state index in [-0.39, 0.29) is 29.3 Å². The molecule has 5 rings (SSSR count). The number of rotatable bonds is 11. The fraction of sp³-hybridized carbons (Fsp3) is 0.318. The molecule has 2 aromatic heterocycles. The summed E-state index contributed by atoms with van der Waals surface area (Å²) >= 11 is 0. The molecule has 3 aromatic rings. The van der Waals surface area contributed by atoms with Crippen LogP contribution in [0, 0.1) is 0 Å². The number of hydrogen-bond acceptors (Lipinski definition) is 10. The van der Waals surface area contributed by atoms with E-state index in [0.29, 0.717) is 37.0 Å². The second-order valence-corrected chi connectivity index (χ2v) is 7.99. The minimum atomic E-state index is -3.16. The Kier molecular flexibility index (Phi) is 7.21. The van der Waals surface area contributed by atoms with Gasteiger partial charge in [0.25, 0.3) is 0 Å². The Morgan fingerprint density at radius 3 is 2.74 bits per heavy atom. The van der Waals surface area contributed by atoms with Crippen LogP contribution in [0.4, 0.5) is 23.2 Å². The van der Waals surface area contributed by atoms with Crippen LogP contribution < -0.4 is 19.8 Å². The lowest BCUT2D eigenvalue weighted by Gasteiger charge is -2.30. The predicted octanol–water partition coefficient (Wildman–Crippen LogP) is 2.48. The first-order valence-corrected chi connectivity index (χ1v) is 11.4. The van der Waals surface area contributed by atoms with E-state index in [2.05, 4.69) is 35.6 Å². The van der Waals surface area contributed by atoms with Crippen LogP contribution in [0.3, 0.4) is 0 Å². The Morgan fingerprint density at radius 1 is 1.11 bits per heavy atom. The molecule has 0 unspecified atom stereocenters. The number of hydrogen-bond donors (Lipinski definition) is 1. The van der Waals surface area contributed by atoms with Crippen LogP contribution in [0.2, 0.25) is 0 Å². The lowest BCUT2D eigenvalue weighted by molar-refractivity contribution is -0.0526. The summed E-state index contributed by atoms with van der Waals surface area (Å²) in [7, 11) is 1.81. The van der Waals surface area contributed by atoms with Crippen LogP contribution >= 0.6 is 0 Å². The standard InChI is InChI=1S/C22H22F4N10O2/c1-27-7-10-36-30-18(29-32-36)13-33-12-16(34-9-5-19-28-6-2-8-35(19)34)20(31-33)15-11-14(37-21(23)24)3-4-17(15)38-22(25)26/h2-6,8,11-12,21-22,27H,7,9-10,13H2,1H3. The molecule has 2 aliphatic rings. The average molecular weight is 534 g/mol. The Hall–Kier alpha value is -4.47. The van der Waals surface area contributed by atoms with Gasteiger partial charge in [-0.25, -0.2) is 10.0 Å². The third kappa shape index (κ3) is 5.44. The highest BCUT2D eigenvalue weighted by Gasteiger charge is 2.29. The number of ether oxygens (including phenoxy) is 2. The molecule has 0 saturated heterocycles. The van der Waals surface area contributed by atoms with E-state index in [0.717, 1.165) is 12.1 Å². The van der Waals surface area contributed by atoms with Crippen molar-refractivity contribution in [3.8, 4) is 22.8 Å². The van der Waals surface area contributed by atoms with Crippen LogP contribution in [-0.4, -0.2) is 74.6 Å². The largest absolute Gasteiger partial charge is 0.435 e. The Balaban J connectivity index is 1.56. The summed E-state index contributed by atoms with van der Waals surface area (Å²) in [6, 6.07) is 3.44. The van der Waals surface area contributed by atoms with Gasteiger partial charge in [-0.3, -0.25) is 9.69 Å². The molecule has 0 radical (unpaired) electrons. The van der Waals surface area contributed by atoms with Crippen LogP contribution in [0.5, 0.6) is 11.5 Å². The normalized spacial score (nSPS) is 14.6. The van der Waals surface area contributed by atoms with E-state index in [4.69, 9.17) is 4.74 Å². The number of benzene rings is 1. The van der Waals surface area contributed by atoms with Crippen molar-refractivity contribution in [2.75, 3.05) is 25.1 Å². The van der Waals surface area contributed by atoms with E-state index in [1.54, 1.807) is 41.8 Å². The first kappa shape index (κ1) is 25.2. The molecule has 0 aliphatic carbocycles. The number of hydrazine groups is 1. The van der Waals surface area contributed by atoms with Crippen molar-refractivity contribution in [3.05, 3.63) is 54.4 Å². The maximum Gasteiger partial charge on any atom is 0.387 e. The van der Waals surface area contributed by atoms with E-state index < -0.39 is 13.2 Å². The Bertz CT molecular complexity index is 1370. The molecule has 38 heavy (non-hydrogen) atoms. The van der Waals surface area contributed by atoms with Gasteiger partial charge in [0.1, 0.15) is 35.2 Å². The SMILES string of the molecule is CNCCn1nnc(Cn2cc(N3CC=C4N=CC=CN43)c(-c3cc(OC(F)F)ccc3OC(F)F)n2)n1. The molecule has 0 bridgehead atoms. The minimum absolute atomic E-state index is 0.0285. The lowest BCUT2D eigenvalue weighted by atomic mass is 10.1. The smallest absolute Gasteiger partial charge is 0.387 e. The van der Waals surface area contributed by atoms with Crippen LogP contribution in [0.15, 0.2) is 53.6 Å². The highest BCUT2D eigenvalue weighted by molar-refractivity contribution is 5.81. The number of nitrogens with one attached hydrogen (secondary N) is 1. The summed E-state index contributed by atoms with van der Waals surface area (Å²) in [6.07, 6.45) is 8.67. The first-order valence-electron chi connectivity index (χ1n) is 11.4. The van der Waals surface area contributed by atoms with Gasteiger partial charge in [-0.15, -0.1) is 10.2 Å². The molecule has 200 valence electrons. The summed E-state index contributed by atoms with van der Waals surface area (Å²) in [5.41, 5.74) is 0.676. The highest BCUT2D eigenvalue weighted by atomic mass is 19.3. The number of tetrazole rings is 1. The Morgan fingerprint density at radius 2 is 1.95 bits per heavy atom. The van der Waals surface area contributed by atoms with Gasteiger partial charge < -0.3 is 14.8 Å². The molecule has 0 fully saturated rings. The van der Waals surface area contributed by atoms with Crippen LogP contribution in [-0.2, 0) is 13.1 Å². The van der Waals surface area contributed by atoms with Gasteiger partial charge in [0.05, 0.1) is 24.8 Å². The van der Waals surface area contributed by atoms with Crippen molar-refractivity contribution in [2.24, 2.45) is 4.99 Å². The molecule has 2 aliphatic heterocycles. The summed E-state index contributed by atoms with van der Waals surface area (Å²) in [5, 5.41) is 23.5. The van der Waals surface area contributed by atoms with Gasteiger partial charge in [0.15, 0.2) is 5.82 Å². The molecular formula is C22H22F4N10O2. The maximum atomic E-state index is 13.3. The van der Waals surface area contributed by atoms with Gasteiger partial charge in [-0.1, -0.05) is 0 Å². The number of fused-ring (bicyclic) bond motifs is 1. The molecule has 0 spiro atoms. The number of allylic oxidation sites excluding steroid dienone is 1. The third-order valence-corrected chi connectivity index (χ3v) is 5.49. The van der Waals surface area contributed by atoms with Gasteiger partial charge in [0.2, 0.25) is 0 Å². The molecule has 4 heterocycles. The molecule has 16 heteroatoms. The zero-order chi connectivity index (χ0) is 26.6. The van der Waals surface area contributed by atoms with Crippen molar-refractivity contribution in [1.82, 2.24) is 40.3 Å². The number of nitrogens with zero attached hydrogens (tertiary/aromatic N) is 9. The van der Waals surface area contributed by atoms with Gasteiger partial charge in [-0.05, 0) is 42.6 Å². The van der Waals surface area contributed by atoms with Crippen molar-refractivity contribution in [2.45, 2.75) is 26.3 Å². The summed E-state index contributed by atoms with van der Waals surface area (Å²) < 4.78 is 63.1. The topological polar surface area (TPSA) is 111 Å². The van der Waals surface area contributed by atoms with Crippen molar-refractivity contribution >= 4 is 11.9 Å². The second-order valence-electron chi connectivity index (χ2n) is 7.99. The summed E-state index contributed by atoms with van der Waals surface area (Å²) in [4.78, 5) is 5.75. The second kappa shape index (κ2) is 10.9. The van der Waals surface area contributed by atoms with Gasteiger partial charge in [0, 0.05) is 19.0 Å². The molecule has 0 atom stereocenters. The third-order valence-electron chi connectivity index (χ3n) is 5.49. The lowest BCUT2D eigenvalue weighted by Crippen LogP contribution is -2.34. The molecule has 12 nitrogen and oxygen atoms in total. The number of anilines is 1. The number of likely N-dealkylation sites (N-methyl/N-ethyl adjacent to an activating group) is 1. The highest BCUT2D eigenvalue weighted by Crippen LogP contribution is 2.41. The average Bonchev–Trinajstić information content (AvgIpc) is 3.61. The van der Waals surface area contributed by atoms with E-state index in [9.17, 15) is 17.6 Å². The van der Waals surface area contributed by atoms with Crippen LogP contribution in [0.1, 0.15) is 5.82 Å². The molecule has 0 amide bonds. The molecular weight excluding hydrogens is 512 g/mol. The predicted molar refractivity (Wildman–Crippen MR) is 127 cm³/mol. The van der Waals surface area contributed by atoms with Crippen molar-refractivity contribution < 1.29 is 27.0 Å². The minimum Gasteiger partial charge on any atom is -0.435 e. The Labute approximate surface area is 213 Å². The van der Waals surface area contributed by atoms with E-state index >= 15 is 0 Å². The summed E-state index contributed by atoms with van der Waals surface area (Å²) in [6.45, 7) is -4.63. The summed E-state index contributed by atoms with van der Waals surface area (Å²) in [5.74, 6) is 0.514. The van der Waals surface area contributed by atoms with E-state index in [1.807, 2.05) is 6.08 Å². The van der Waals surface area contributed by atoms with Gasteiger partial charge >= 0.3 is 13.2 Å². The number of alkyl halides is 4. The van der Waals surface area contributed by atoms with E-state index in [1.165, 1.54) is 15.5 Å². The van der Waals surface area contributed by atoms with Crippen molar-refractivity contribution in [1.29, 1.82) is 0 Å². The molecule has 1 N–H and O–H groups in total. The molecule has 1 aromatic carbocycles. The number of aliphatic imine (C=N–C) groups is 1.